The van der Waals surface area contributed by atoms with E-state index in [9.17, 15) is 4.79 Å². The van der Waals surface area contributed by atoms with E-state index in [1.54, 1.807) is 7.11 Å². The van der Waals surface area contributed by atoms with Gasteiger partial charge >= 0.3 is 6.03 Å². The summed E-state index contributed by atoms with van der Waals surface area (Å²) < 4.78 is 13.0. The van der Waals surface area contributed by atoms with Gasteiger partial charge in [0.05, 0.1) is 18.7 Å². The first kappa shape index (κ1) is 15.2. The second kappa shape index (κ2) is 6.62. The van der Waals surface area contributed by atoms with Crippen molar-refractivity contribution in [2.24, 2.45) is 0 Å². The average molecular weight is 309 g/mol. The van der Waals surface area contributed by atoms with Gasteiger partial charge in [0.2, 0.25) is 0 Å². The van der Waals surface area contributed by atoms with E-state index in [-0.39, 0.29) is 24.3 Å². The number of carbonyl (C=O) groups is 1. The molecule has 0 unspecified atom stereocenters. The zero-order valence-corrected chi connectivity index (χ0v) is 13.0. The molecule has 1 aliphatic carbocycles. The van der Waals surface area contributed by atoms with Crippen LogP contribution in [0.3, 0.4) is 0 Å². The van der Waals surface area contributed by atoms with E-state index in [2.05, 4.69) is 25.4 Å². The molecule has 1 aromatic rings. The molecule has 0 spiro atoms. The molecule has 0 radical (unpaired) electrons. The van der Waals surface area contributed by atoms with Crippen LogP contribution in [0, 0.1) is 0 Å². The minimum atomic E-state index is -0.211. The molecule has 1 fully saturated rings. The van der Waals surface area contributed by atoms with E-state index in [1.165, 1.54) is 0 Å². The predicted molar refractivity (Wildman–Crippen MR) is 78.3 cm³/mol. The van der Waals surface area contributed by atoms with Gasteiger partial charge < -0.3 is 24.7 Å². The lowest BCUT2D eigenvalue weighted by Gasteiger charge is -2.43. The highest BCUT2D eigenvalue weighted by molar-refractivity contribution is 5.74. The fourth-order valence-corrected chi connectivity index (χ4v) is 3.14. The van der Waals surface area contributed by atoms with Crippen molar-refractivity contribution in [2.75, 3.05) is 13.7 Å². The Morgan fingerprint density at radius 3 is 3.09 bits per heavy atom. The molecule has 3 atom stereocenters. The van der Waals surface area contributed by atoms with Crippen LogP contribution in [-0.4, -0.2) is 52.8 Å². The largest absolute Gasteiger partial charge is 0.377 e. The number of nitrogens with one attached hydrogen (secondary N) is 2. The quantitative estimate of drug-likeness (QED) is 0.784. The summed E-state index contributed by atoms with van der Waals surface area (Å²) in [4.78, 5) is 12.0. The Morgan fingerprint density at radius 2 is 2.32 bits per heavy atom. The van der Waals surface area contributed by atoms with Crippen LogP contribution >= 0.6 is 0 Å². The molecule has 22 heavy (non-hydrogen) atoms. The van der Waals surface area contributed by atoms with Crippen LogP contribution in [0.4, 0.5) is 4.79 Å². The number of nitrogens with zero attached hydrogens (tertiary/aromatic N) is 3. The van der Waals surface area contributed by atoms with Crippen LogP contribution in [-0.2, 0) is 29.0 Å². The number of fused-ring (bicyclic) bond motifs is 1. The maximum Gasteiger partial charge on any atom is 0.315 e. The third kappa shape index (κ3) is 2.93. The molecule has 1 aliphatic heterocycles. The molecule has 2 amide bonds. The number of aryl methyl sites for hydroxylation is 1. The van der Waals surface area contributed by atoms with Crippen molar-refractivity contribution < 1.29 is 14.3 Å². The summed E-state index contributed by atoms with van der Waals surface area (Å²) in [5, 5.41) is 14.0. The maximum absolute atomic E-state index is 12.0. The first-order valence-corrected chi connectivity index (χ1v) is 7.82. The van der Waals surface area contributed by atoms with Crippen molar-refractivity contribution in [3.05, 3.63) is 11.6 Å². The Kier molecular flexibility index (Phi) is 4.58. The molecule has 8 nitrogen and oxygen atoms in total. The van der Waals surface area contributed by atoms with Crippen molar-refractivity contribution in [3.63, 3.8) is 0 Å². The summed E-state index contributed by atoms with van der Waals surface area (Å²) in [6.45, 7) is 3.93. The van der Waals surface area contributed by atoms with Crippen molar-refractivity contribution in [2.45, 2.75) is 57.5 Å². The Hall–Kier alpha value is -1.67. The van der Waals surface area contributed by atoms with Crippen LogP contribution in [0.2, 0.25) is 0 Å². The molecule has 2 aliphatic rings. The van der Waals surface area contributed by atoms with E-state index < -0.39 is 0 Å². The number of aromatic nitrogens is 3. The summed E-state index contributed by atoms with van der Waals surface area (Å²) in [5.74, 6) is 1.82. The highest BCUT2D eigenvalue weighted by Crippen LogP contribution is 2.26. The third-order valence-corrected chi connectivity index (χ3v) is 4.31. The lowest BCUT2D eigenvalue weighted by atomic mass is 9.85. The fourth-order valence-electron chi connectivity index (χ4n) is 3.14. The van der Waals surface area contributed by atoms with Gasteiger partial charge in [-0.1, -0.05) is 0 Å². The molecule has 0 aromatic carbocycles. The molecule has 3 rings (SSSR count). The highest BCUT2D eigenvalue weighted by atomic mass is 16.5. The van der Waals surface area contributed by atoms with Crippen molar-refractivity contribution in [3.8, 4) is 0 Å². The van der Waals surface area contributed by atoms with Crippen LogP contribution in [0.1, 0.15) is 31.4 Å². The van der Waals surface area contributed by atoms with E-state index in [4.69, 9.17) is 9.47 Å². The SMILES string of the molecule is CCO[C@@H]1C[C@H](NC(=O)NCc2nnc3n2CCC3)[C@H]1OC. The zero-order chi connectivity index (χ0) is 15.5. The minimum Gasteiger partial charge on any atom is -0.377 e. The summed E-state index contributed by atoms with van der Waals surface area (Å²) in [6, 6.07) is -0.219. The Bertz CT molecular complexity index is 533. The number of carbonyl (C=O) groups excluding carboxylic acids is 1. The van der Waals surface area contributed by atoms with E-state index >= 15 is 0 Å². The second-order valence-electron chi connectivity index (χ2n) is 5.65. The van der Waals surface area contributed by atoms with Crippen molar-refractivity contribution in [1.29, 1.82) is 0 Å². The number of ether oxygens (including phenoxy) is 2. The molecule has 1 aromatic heterocycles. The van der Waals surface area contributed by atoms with Crippen LogP contribution < -0.4 is 10.6 Å². The van der Waals surface area contributed by atoms with E-state index in [0.717, 1.165) is 37.5 Å². The Balaban J connectivity index is 1.45. The molecular weight excluding hydrogens is 286 g/mol. The lowest BCUT2D eigenvalue weighted by Crippen LogP contribution is -2.62. The van der Waals surface area contributed by atoms with Gasteiger partial charge in [0.25, 0.3) is 0 Å². The lowest BCUT2D eigenvalue weighted by molar-refractivity contribution is -0.128. The normalized spacial score (nSPS) is 26.4. The summed E-state index contributed by atoms with van der Waals surface area (Å²) >= 11 is 0. The van der Waals surface area contributed by atoms with Gasteiger partial charge in [0.1, 0.15) is 11.9 Å². The van der Waals surface area contributed by atoms with Crippen LogP contribution in [0.5, 0.6) is 0 Å². The molecule has 2 heterocycles. The van der Waals surface area contributed by atoms with Crippen molar-refractivity contribution >= 4 is 6.03 Å². The number of methoxy groups -OCH3 is 1. The number of rotatable bonds is 6. The number of urea groups is 1. The molecule has 122 valence electrons. The van der Waals surface area contributed by atoms with Gasteiger partial charge in [-0.2, -0.15) is 0 Å². The molecular formula is C14H23N5O3. The van der Waals surface area contributed by atoms with Gasteiger partial charge in [-0.3, -0.25) is 0 Å². The maximum atomic E-state index is 12.0. The first-order chi connectivity index (χ1) is 10.7. The summed E-state index contributed by atoms with van der Waals surface area (Å²) in [6.07, 6.45) is 2.83. The number of amides is 2. The fraction of sp³-hybridized carbons (Fsp3) is 0.786. The number of hydrogen-bond acceptors (Lipinski definition) is 5. The molecule has 0 saturated heterocycles. The Morgan fingerprint density at radius 1 is 1.45 bits per heavy atom. The standard InChI is InChI=1S/C14H23N5O3/c1-3-22-10-7-9(13(10)21-2)16-14(20)15-8-12-18-17-11-5-4-6-19(11)12/h9-10,13H,3-8H2,1-2H3,(H2,15,16,20)/t9-,10+,13+/m0/s1. The average Bonchev–Trinajstić information content (AvgIpc) is 3.08. The van der Waals surface area contributed by atoms with Gasteiger partial charge in [-0.15, -0.1) is 10.2 Å². The second-order valence-corrected chi connectivity index (χ2v) is 5.65. The van der Waals surface area contributed by atoms with Gasteiger partial charge in [0, 0.05) is 26.7 Å². The third-order valence-electron chi connectivity index (χ3n) is 4.31. The molecule has 2 N–H and O–H groups in total. The molecule has 1 saturated carbocycles. The predicted octanol–water partition coefficient (Wildman–Crippen LogP) is 0.216. The zero-order valence-electron chi connectivity index (χ0n) is 13.0. The van der Waals surface area contributed by atoms with Gasteiger partial charge in [-0.05, 0) is 19.8 Å². The summed E-state index contributed by atoms with van der Waals surface area (Å²) in [5.41, 5.74) is 0. The topological polar surface area (TPSA) is 90.3 Å². The van der Waals surface area contributed by atoms with Gasteiger partial charge in [0.15, 0.2) is 5.82 Å². The van der Waals surface area contributed by atoms with E-state index in [0.29, 0.717) is 13.2 Å². The molecule has 8 heteroatoms. The first-order valence-electron chi connectivity index (χ1n) is 7.82. The van der Waals surface area contributed by atoms with Crippen LogP contribution in [0.15, 0.2) is 0 Å². The minimum absolute atomic E-state index is 0.00864. The van der Waals surface area contributed by atoms with Crippen LogP contribution in [0.25, 0.3) is 0 Å². The monoisotopic (exact) mass is 309 g/mol. The van der Waals surface area contributed by atoms with Gasteiger partial charge in [-0.25, -0.2) is 4.79 Å². The smallest absolute Gasteiger partial charge is 0.315 e. The van der Waals surface area contributed by atoms with Crippen molar-refractivity contribution in [1.82, 2.24) is 25.4 Å². The number of hydrogen-bond donors (Lipinski definition) is 2. The van der Waals surface area contributed by atoms with E-state index in [1.807, 2.05) is 6.92 Å². The highest BCUT2D eigenvalue weighted by Gasteiger charge is 2.42. The summed E-state index contributed by atoms with van der Waals surface area (Å²) in [7, 11) is 1.64. The Labute approximate surface area is 129 Å². The molecule has 0 bridgehead atoms.